The van der Waals surface area contributed by atoms with Gasteiger partial charge in [0.2, 0.25) is 5.88 Å². The average Bonchev–Trinajstić information content (AvgIpc) is 3.20. The summed E-state index contributed by atoms with van der Waals surface area (Å²) in [5.74, 6) is -3.71. The summed E-state index contributed by atoms with van der Waals surface area (Å²) in [5, 5.41) is 0. The van der Waals surface area contributed by atoms with E-state index in [0.29, 0.717) is 23.4 Å². The summed E-state index contributed by atoms with van der Waals surface area (Å²) in [6.45, 7) is 3.02. The van der Waals surface area contributed by atoms with Crippen molar-refractivity contribution >= 4 is 5.97 Å². The molecule has 0 saturated heterocycles. The van der Waals surface area contributed by atoms with Crippen LogP contribution in [0, 0.1) is 17.3 Å². The molecule has 29 heavy (non-hydrogen) atoms. The summed E-state index contributed by atoms with van der Waals surface area (Å²) in [6, 6.07) is 13.9. The lowest BCUT2D eigenvalue weighted by Crippen LogP contribution is -2.11. The molecule has 4 nitrogen and oxygen atoms in total. The molecule has 0 spiro atoms. The molecule has 0 aliphatic heterocycles. The first kappa shape index (κ1) is 20.8. The number of hydrogen-bond donors (Lipinski definition) is 0. The maximum absolute atomic E-state index is 13.2. The third-order valence-electron chi connectivity index (χ3n) is 4.87. The molecule has 3 rings (SSSR count). The van der Waals surface area contributed by atoms with Crippen LogP contribution in [0.5, 0.6) is 11.6 Å². The van der Waals surface area contributed by atoms with Gasteiger partial charge in [-0.05, 0) is 35.6 Å². The molecule has 0 amide bonds. The summed E-state index contributed by atoms with van der Waals surface area (Å²) in [7, 11) is 0. The van der Waals surface area contributed by atoms with Gasteiger partial charge in [0.25, 0.3) is 0 Å². The topological polar surface area (TPSA) is 48.4 Å². The van der Waals surface area contributed by atoms with Gasteiger partial charge in [0.1, 0.15) is 12.4 Å². The Morgan fingerprint density at radius 1 is 1.14 bits per heavy atom. The van der Waals surface area contributed by atoms with Gasteiger partial charge in [-0.25, -0.2) is 9.37 Å². The first-order chi connectivity index (χ1) is 13.6. The number of allylic oxidation sites excluding steroid dienone is 2. The lowest BCUT2D eigenvalue weighted by Gasteiger charge is -2.08. The minimum absolute atomic E-state index is 0.171. The zero-order chi connectivity index (χ0) is 21.2. The molecule has 2 atom stereocenters. The van der Waals surface area contributed by atoms with E-state index < -0.39 is 35.2 Å². The fraction of sp³-hybridized carbons (Fsp3) is 0.333. The van der Waals surface area contributed by atoms with Gasteiger partial charge in [-0.1, -0.05) is 38.1 Å². The van der Waals surface area contributed by atoms with Crippen molar-refractivity contribution in [1.29, 1.82) is 0 Å². The van der Waals surface area contributed by atoms with Crippen LogP contribution in [0.3, 0.4) is 0 Å². The van der Waals surface area contributed by atoms with Crippen LogP contribution in [-0.2, 0) is 16.1 Å². The van der Waals surface area contributed by atoms with Gasteiger partial charge in [0.15, 0.2) is 5.83 Å². The molecule has 0 bridgehead atoms. The second-order valence-electron chi connectivity index (χ2n) is 7.33. The van der Waals surface area contributed by atoms with E-state index in [4.69, 9.17) is 9.47 Å². The average molecular weight is 409 g/mol. The summed E-state index contributed by atoms with van der Waals surface area (Å²) in [5.41, 5.74) is -0.399. The number of alkyl halides is 3. The number of aromatic nitrogens is 1. The van der Waals surface area contributed by atoms with E-state index in [1.165, 1.54) is 0 Å². The van der Waals surface area contributed by atoms with Gasteiger partial charge in [0.05, 0.1) is 11.6 Å². The predicted octanol–water partition coefficient (Wildman–Crippen LogP) is 5.61. The molecule has 1 aliphatic carbocycles. The van der Waals surface area contributed by atoms with Crippen LogP contribution in [0.1, 0.15) is 19.5 Å². The standard InChI is InChI=1S/C21H19F4NO3/c1-20(2)15(11-16(22)21(23,24)25)18(20)19(27)28-12-13-7-6-10-17(26-13)29-14-8-4-3-5-9-14/h3-11,15,18H,12H2,1-2H3/b16-11+/t15-,18+/m0/s1. The predicted molar refractivity (Wildman–Crippen MR) is 96.6 cm³/mol. The summed E-state index contributed by atoms with van der Waals surface area (Å²) >= 11 is 0. The fourth-order valence-electron chi connectivity index (χ4n) is 3.13. The second kappa shape index (κ2) is 7.85. The van der Waals surface area contributed by atoms with Crippen molar-refractivity contribution in [3.05, 3.63) is 66.1 Å². The van der Waals surface area contributed by atoms with Gasteiger partial charge in [0, 0.05) is 6.07 Å². The van der Waals surface area contributed by atoms with Crippen molar-refractivity contribution < 1.29 is 31.8 Å². The normalized spacial score (nSPS) is 20.8. The number of esters is 1. The number of benzene rings is 1. The van der Waals surface area contributed by atoms with Crippen molar-refractivity contribution in [1.82, 2.24) is 4.98 Å². The number of ether oxygens (including phenoxy) is 2. The van der Waals surface area contributed by atoms with E-state index in [-0.39, 0.29) is 6.61 Å². The van der Waals surface area contributed by atoms with E-state index in [1.54, 1.807) is 44.2 Å². The molecule has 0 radical (unpaired) electrons. The lowest BCUT2D eigenvalue weighted by molar-refractivity contribution is -0.147. The maximum atomic E-state index is 13.2. The van der Waals surface area contributed by atoms with E-state index in [1.807, 2.05) is 18.2 Å². The third-order valence-corrected chi connectivity index (χ3v) is 4.87. The molecule has 1 aliphatic rings. The van der Waals surface area contributed by atoms with Crippen molar-refractivity contribution in [3.63, 3.8) is 0 Å². The highest BCUT2D eigenvalue weighted by Crippen LogP contribution is 2.60. The molecule has 1 aromatic carbocycles. The van der Waals surface area contributed by atoms with Crippen LogP contribution in [0.2, 0.25) is 0 Å². The molecule has 1 saturated carbocycles. The molecule has 0 unspecified atom stereocenters. The number of para-hydroxylation sites is 1. The van der Waals surface area contributed by atoms with E-state index >= 15 is 0 Å². The number of halogens is 4. The molecular formula is C21H19F4NO3. The van der Waals surface area contributed by atoms with Gasteiger partial charge in [-0.3, -0.25) is 4.79 Å². The van der Waals surface area contributed by atoms with Crippen molar-refractivity contribution in [2.75, 3.05) is 0 Å². The van der Waals surface area contributed by atoms with Gasteiger partial charge < -0.3 is 9.47 Å². The minimum atomic E-state index is -5.06. The highest BCUT2D eigenvalue weighted by Gasteiger charge is 2.62. The summed E-state index contributed by atoms with van der Waals surface area (Å²) in [4.78, 5) is 16.5. The van der Waals surface area contributed by atoms with E-state index in [0.717, 1.165) is 0 Å². The highest BCUT2D eigenvalue weighted by molar-refractivity contribution is 5.78. The molecule has 0 N–H and O–H groups in total. The first-order valence-corrected chi connectivity index (χ1v) is 8.89. The van der Waals surface area contributed by atoms with E-state index in [9.17, 15) is 22.4 Å². The molecule has 1 aromatic heterocycles. The molecular weight excluding hydrogens is 390 g/mol. The fourth-order valence-corrected chi connectivity index (χ4v) is 3.13. The lowest BCUT2D eigenvalue weighted by atomic mass is 10.1. The Kier molecular flexibility index (Phi) is 5.64. The van der Waals surface area contributed by atoms with Gasteiger partial charge in [-0.15, -0.1) is 0 Å². The summed E-state index contributed by atoms with van der Waals surface area (Å²) in [6.07, 6.45) is -4.60. The third kappa shape index (κ3) is 4.93. The highest BCUT2D eigenvalue weighted by atomic mass is 19.4. The monoisotopic (exact) mass is 409 g/mol. The minimum Gasteiger partial charge on any atom is -0.459 e. The van der Waals surface area contributed by atoms with Crippen molar-refractivity contribution in [3.8, 4) is 11.6 Å². The first-order valence-electron chi connectivity index (χ1n) is 8.89. The molecule has 1 heterocycles. The second-order valence-corrected chi connectivity index (χ2v) is 7.33. The molecule has 1 fully saturated rings. The maximum Gasteiger partial charge on any atom is 0.442 e. The van der Waals surface area contributed by atoms with Gasteiger partial charge in [-0.2, -0.15) is 13.2 Å². The Morgan fingerprint density at radius 3 is 2.48 bits per heavy atom. The van der Waals surface area contributed by atoms with Crippen molar-refractivity contribution in [2.24, 2.45) is 17.3 Å². The Balaban J connectivity index is 1.60. The number of carbonyl (C=O) groups is 1. The van der Waals surface area contributed by atoms with Crippen LogP contribution in [0.4, 0.5) is 17.6 Å². The Hall–Kier alpha value is -2.90. The quantitative estimate of drug-likeness (QED) is 0.460. The van der Waals surface area contributed by atoms with Crippen LogP contribution in [0.15, 0.2) is 60.4 Å². The molecule has 154 valence electrons. The van der Waals surface area contributed by atoms with Crippen LogP contribution in [0.25, 0.3) is 0 Å². The largest absolute Gasteiger partial charge is 0.459 e. The van der Waals surface area contributed by atoms with E-state index in [2.05, 4.69) is 4.98 Å². The number of nitrogens with zero attached hydrogens (tertiary/aromatic N) is 1. The number of carbonyl (C=O) groups excluding carboxylic acids is 1. The smallest absolute Gasteiger partial charge is 0.442 e. The SMILES string of the molecule is CC1(C)[C@@H](/C=C(/F)C(F)(F)F)[C@@H]1C(=O)OCc1cccc(Oc2ccccc2)n1. The van der Waals surface area contributed by atoms with Gasteiger partial charge >= 0.3 is 12.1 Å². The molecule has 2 aromatic rings. The Bertz CT molecular complexity index is 910. The Labute approximate surface area is 165 Å². The van der Waals surface area contributed by atoms with Crippen LogP contribution < -0.4 is 4.74 Å². The summed E-state index contributed by atoms with van der Waals surface area (Å²) < 4.78 is 61.2. The zero-order valence-corrected chi connectivity index (χ0v) is 15.7. The van der Waals surface area contributed by atoms with Crippen LogP contribution in [-0.4, -0.2) is 17.1 Å². The molecule has 8 heteroatoms. The number of hydrogen-bond acceptors (Lipinski definition) is 4. The number of rotatable bonds is 6. The zero-order valence-electron chi connectivity index (χ0n) is 15.7. The number of pyridine rings is 1. The van der Waals surface area contributed by atoms with Crippen molar-refractivity contribution in [2.45, 2.75) is 26.6 Å². The Morgan fingerprint density at radius 2 is 1.83 bits per heavy atom. The van der Waals surface area contributed by atoms with Crippen LogP contribution >= 0.6 is 0 Å².